The van der Waals surface area contributed by atoms with Crippen molar-refractivity contribution in [3.8, 4) is 0 Å². The van der Waals surface area contributed by atoms with Gasteiger partial charge in [-0.2, -0.15) is 0 Å². The van der Waals surface area contributed by atoms with Gasteiger partial charge in [-0.1, -0.05) is 24.3 Å². The van der Waals surface area contributed by atoms with E-state index in [9.17, 15) is 4.79 Å². The zero-order valence-corrected chi connectivity index (χ0v) is 9.06. The van der Waals surface area contributed by atoms with Crippen LogP contribution in [0, 0.1) is 0 Å². The summed E-state index contributed by atoms with van der Waals surface area (Å²) in [7, 11) is 0. The number of hydrogen-bond donors (Lipinski definition) is 0. The summed E-state index contributed by atoms with van der Waals surface area (Å²) < 4.78 is 5.31. The van der Waals surface area contributed by atoms with Crippen molar-refractivity contribution in [1.82, 2.24) is 0 Å². The first-order valence-electron chi connectivity index (χ1n) is 5.81. The van der Waals surface area contributed by atoms with Gasteiger partial charge >= 0.3 is 5.97 Å². The summed E-state index contributed by atoms with van der Waals surface area (Å²) in [5.74, 6) is 0.153. The van der Waals surface area contributed by atoms with Crippen molar-refractivity contribution in [2.24, 2.45) is 0 Å². The molecule has 82 valence electrons. The lowest BCUT2D eigenvalue weighted by Gasteiger charge is -2.28. The molecule has 0 saturated heterocycles. The van der Waals surface area contributed by atoms with Crippen molar-refractivity contribution in [2.45, 2.75) is 31.3 Å². The Morgan fingerprint density at radius 1 is 1.25 bits per heavy atom. The van der Waals surface area contributed by atoms with E-state index in [1.54, 1.807) is 6.08 Å². The molecule has 1 aromatic rings. The maximum Gasteiger partial charge on any atom is 0.331 e. The van der Waals surface area contributed by atoms with Gasteiger partial charge in [0, 0.05) is 12.0 Å². The molecule has 1 heterocycles. The van der Waals surface area contributed by atoms with Gasteiger partial charge in [-0.3, -0.25) is 0 Å². The Morgan fingerprint density at radius 2 is 2.12 bits per heavy atom. The third kappa shape index (κ3) is 1.54. The SMILES string of the molecule is O=C1C=CC(C2CCCc3ccccc32)O1. The molecule has 0 fully saturated rings. The zero-order valence-electron chi connectivity index (χ0n) is 9.06. The van der Waals surface area contributed by atoms with Crippen molar-refractivity contribution >= 4 is 5.97 Å². The Morgan fingerprint density at radius 3 is 2.94 bits per heavy atom. The molecule has 2 heteroatoms. The number of fused-ring (bicyclic) bond motifs is 1. The summed E-state index contributed by atoms with van der Waals surface area (Å²) in [6.07, 6.45) is 6.84. The Labute approximate surface area is 94.9 Å². The summed E-state index contributed by atoms with van der Waals surface area (Å²) in [6.45, 7) is 0. The monoisotopic (exact) mass is 214 g/mol. The number of carbonyl (C=O) groups is 1. The second-order valence-electron chi connectivity index (χ2n) is 4.46. The number of ether oxygens (including phenoxy) is 1. The Kier molecular flexibility index (Phi) is 2.28. The number of esters is 1. The fourth-order valence-corrected chi connectivity index (χ4v) is 2.74. The maximum absolute atomic E-state index is 11.1. The van der Waals surface area contributed by atoms with Gasteiger partial charge in [-0.05, 0) is 36.5 Å². The van der Waals surface area contributed by atoms with Crippen LogP contribution < -0.4 is 0 Å². The van der Waals surface area contributed by atoms with Crippen LogP contribution in [-0.4, -0.2) is 12.1 Å². The van der Waals surface area contributed by atoms with Gasteiger partial charge in [0.15, 0.2) is 0 Å². The molecule has 16 heavy (non-hydrogen) atoms. The number of aryl methyl sites for hydroxylation is 1. The summed E-state index contributed by atoms with van der Waals surface area (Å²) in [5.41, 5.74) is 2.77. The predicted molar refractivity (Wildman–Crippen MR) is 61.1 cm³/mol. The average Bonchev–Trinajstić information content (AvgIpc) is 2.75. The largest absolute Gasteiger partial charge is 0.454 e. The predicted octanol–water partition coefficient (Wildman–Crippen LogP) is 2.59. The molecule has 0 saturated carbocycles. The first-order chi connectivity index (χ1) is 7.84. The van der Waals surface area contributed by atoms with Crippen molar-refractivity contribution in [2.75, 3.05) is 0 Å². The van der Waals surface area contributed by atoms with Crippen LogP contribution in [0.5, 0.6) is 0 Å². The third-order valence-corrected chi connectivity index (χ3v) is 3.49. The fourth-order valence-electron chi connectivity index (χ4n) is 2.74. The Bertz CT molecular complexity index is 448. The highest BCUT2D eigenvalue weighted by molar-refractivity contribution is 5.84. The molecule has 0 N–H and O–H groups in total. The number of cyclic esters (lactones) is 1. The molecule has 1 aromatic carbocycles. The molecule has 0 spiro atoms. The first-order valence-corrected chi connectivity index (χ1v) is 5.81. The highest BCUT2D eigenvalue weighted by atomic mass is 16.5. The van der Waals surface area contributed by atoms with Crippen LogP contribution in [0.4, 0.5) is 0 Å². The molecule has 3 rings (SSSR count). The minimum atomic E-state index is -0.201. The molecule has 1 aliphatic heterocycles. The van der Waals surface area contributed by atoms with Crippen molar-refractivity contribution in [3.63, 3.8) is 0 Å². The van der Waals surface area contributed by atoms with E-state index in [0.29, 0.717) is 5.92 Å². The fraction of sp³-hybridized carbons (Fsp3) is 0.357. The lowest BCUT2D eigenvalue weighted by Crippen LogP contribution is -2.22. The van der Waals surface area contributed by atoms with Gasteiger partial charge in [0.1, 0.15) is 6.10 Å². The minimum absolute atomic E-state index is 0.0473. The van der Waals surface area contributed by atoms with E-state index in [0.717, 1.165) is 12.8 Å². The van der Waals surface area contributed by atoms with Gasteiger partial charge in [0.25, 0.3) is 0 Å². The molecule has 2 atom stereocenters. The summed E-state index contributed by atoms with van der Waals surface area (Å²) in [4.78, 5) is 11.1. The third-order valence-electron chi connectivity index (χ3n) is 3.49. The van der Waals surface area contributed by atoms with E-state index in [2.05, 4.69) is 24.3 Å². The molecule has 0 aromatic heterocycles. The van der Waals surface area contributed by atoms with E-state index in [-0.39, 0.29) is 12.1 Å². The second kappa shape index (κ2) is 3.78. The molecule has 1 aliphatic carbocycles. The van der Waals surface area contributed by atoms with Crippen LogP contribution >= 0.6 is 0 Å². The van der Waals surface area contributed by atoms with Crippen LogP contribution in [-0.2, 0) is 16.0 Å². The minimum Gasteiger partial charge on any atom is -0.454 e. The topological polar surface area (TPSA) is 26.3 Å². The van der Waals surface area contributed by atoms with E-state index >= 15 is 0 Å². The summed E-state index contributed by atoms with van der Waals surface area (Å²) in [6, 6.07) is 8.50. The number of hydrogen-bond acceptors (Lipinski definition) is 2. The quantitative estimate of drug-likeness (QED) is 0.672. The average molecular weight is 214 g/mol. The standard InChI is InChI=1S/C14H14O2/c15-14-9-8-13(16-14)12-7-3-5-10-4-1-2-6-11(10)12/h1-2,4,6,8-9,12-13H,3,5,7H2. The van der Waals surface area contributed by atoms with Crippen LogP contribution in [0.1, 0.15) is 29.9 Å². The molecule has 2 aliphatic rings. The van der Waals surface area contributed by atoms with E-state index in [1.807, 2.05) is 6.08 Å². The van der Waals surface area contributed by atoms with Crippen molar-refractivity contribution in [1.29, 1.82) is 0 Å². The molecule has 0 radical (unpaired) electrons. The van der Waals surface area contributed by atoms with Crippen molar-refractivity contribution < 1.29 is 9.53 Å². The van der Waals surface area contributed by atoms with E-state index < -0.39 is 0 Å². The summed E-state index contributed by atoms with van der Waals surface area (Å²) in [5, 5.41) is 0. The molecule has 0 amide bonds. The van der Waals surface area contributed by atoms with Gasteiger partial charge in [0.2, 0.25) is 0 Å². The summed E-state index contributed by atoms with van der Waals surface area (Å²) >= 11 is 0. The van der Waals surface area contributed by atoms with Crippen LogP contribution in [0.3, 0.4) is 0 Å². The first kappa shape index (κ1) is 9.64. The van der Waals surface area contributed by atoms with Gasteiger partial charge in [0.05, 0.1) is 0 Å². The Balaban J connectivity index is 1.93. The van der Waals surface area contributed by atoms with Crippen LogP contribution in [0.15, 0.2) is 36.4 Å². The lowest BCUT2D eigenvalue weighted by molar-refractivity contribution is -0.139. The van der Waals surface area contributed by atoms with E-state index in [4.69, 9.17) is 4.74 Å². The molecular weight excluding hydrogens is 200 g/mol. The maximum atomic E-state index is 11.1. The highest BCUT2D eigenvalue weighted by Crippen LogP contribution is 2.36. The smallest absolute Gasteiger partial charge is 0.331 e. The molecule has 0 bridgehead atoms. The molecular formula is C14H14O2. The van der Waals surface area contributed by atoms with E-state index in [1.165, 1.54) is 17.5 Å². The lowest BCUT2D eigenvalue weighted by atomic mass is 9.80. The second-order valence-corrected chi connectivity index (χ2v) is 4.46. The van der Waals surface area contributed by atoms with Gasteiger partial charge in [-0.15, -0.1) is 0 Å². The molecule has 2 unspecified atom stereocenters. The van der Waals surface area contributed by atoms with Gasteiger partial charge < -0.3 is 4.74 Å². The zero-order chi connectivity index (χ0) is 11.0. The number of rotatable bonds is 1. The van der Waals surface area contributed by atoms with Gasteiger partial charge in [-0.25, -0.2) is 4.79 Å². The number of benzene rings is 1. The van der Waals surface area contributed by atoms with Crippen molar-refractivity contribution in [3.05, 3.63) is 47.5 Å². The Hall–Kier alpha value is -1.57. The number of carbonyl (C=O) groups excluding carboxylic acids is 1. The van der Waals surface area contributed by atoms with Crippen LogP contribution in [0.25, 0.3) is 0 Å². The highest BCUT2D eigenvalue weighted by Gasteiger charge is 2.30. The normalized spacial score (nSPS) is 27.6. The van der Waals surface area contributed by atoms with Crippen LogP contribution in [0.2, 0.25) is 0 Å². The molecule has 2 nitrogen and oxygen atoms in total.